The van der Waals surface area contributed by atoms with Crippen molar-refractivity contribution in [2.75, 3.05) is 38.0 Å². The molecule has 0 fully saturated rings. The number of hydrogen-bond donors (Lipinski definition) is 0. The van der Waals surface area contributed by atoms with Gasteiger partial charge in [-0.15, -0.1) is 0 Å². The summed E-state index contributed by atoms with van der Waals surface area (Å²) < 4.78 is 0. The number of allylic oxidation sites excluding steroid dienone is 4. The van der Waals surface area contributed by atoms with E-state index < -0.39 is 0 Å². The Hall–Kier alpha value is -4.82. The van der Waals surface area contributed by atoms with E-state index in [2.05, 4.69) is 35.5 Å². The van der Waals surface area contributed by atoms with Crippen molar-refractivity contribution >= 4 is 11.4 Å². The maximum absolute atomic E-state index is 8.79. The minimum absolute atomic E-state index is 0.0495. The molecule has 0 aliphatic rings. The molecule has 32 heavy (non-hydrogen) atoms. The summed E-state index contributed by atoms with van der Waals surface area (Å²) >= 11 is 0. The summed E-state index contributed by atoms with van der Waals surface area (Å²) in [5, 5.41) is 17.6. The molecule has 2 rings (SSSR count). The number of nitriles is 2. The van der Waals surface area contributed by atoms with Crippen molar-refractivity contribution in [2.24, 2.45) is 0 Å². The first kappa shape index (κ1) is 23.5. The molecular weight excluding hydrogens is 392 g/mol. The Morgan fingerprint density at radius 1 is 0.625 bits per heavy atom. The lowest BCUT2D eigenvalue weighted by molar-refractivity contribution is 1.13. The van der Waals surface area contributed by atoms with Crippen LogP contribution < -0.4 is 9.80 Å². The third kappa shape index (κ3) is 7.54. The van der Waals surface area contributed by atoms with Crippen LogP contribution >= 0.6 is 0 Å². The molecule has 0 N–H and O–H groups in total. The Kier molecular flexibility index (Phi) is 8.80. The second-order valence-corrected chi connectivity index (χ2v) is 7.01. The summed E-state index contributed by atoms with van der Waals surface area (Å²) in [6, 6.07) is 19.4. The monoisotopic (exact) mass is 414 g/mol. The van der Waals surface area contributed by atoms with Gasteiger partial charge in [0.25, 0.3) is 0 Å². The second-order valence-electron chi connectivity index (χ2n) is 7.01. The number of anilines is 2. The van der Waals surface area contributed by atoms with Crippen LogP contribution in [0.1, 0.15) is 11.1 Å². The van der Waals surface area contributed by atoms with Gasteiger partial charge < -0.3 is 9.80 Å². The van der Waals surface area contributed by atoms with Crippen molar-refractivity contribution < 1.29 is 0 Å². The lowest BCUT2D eigenvalue weighted by atomic mass is 10.1. The molecule has 2 aromatic carbocycles. The van der Waals surface area contributed by atoms with E-state index in [-0.39, 0.29) is 5.57 Å². The molecule has 0 radical (unpaired) electrons. The molecular formula is C28H22N4. The molecule has 0 aliphatic heterocycles. The highest BCUT2D eigenvalue weighted by atomic mass is 15.1. The average Bonchev–Trinajstić information content (AvgIpc) is 2.80. The fourth-order valence-electron chi connectivity index (χ4n) is 2.39. The smallest absolute Gasteiger partial charge is 0.137 e. The van der Waals surface area contributed by atoms with E-state index in [1.54, 1.807) is 18.2 Å². The summed E-state index contributed by atoms with van der Waals surface area (Å²) in [7, 11) is 7.94. The van der Waals surface area contributed by atoms with E-state index in [1.165, 1.54) is 6.08 Å². The van der Waals surface area contributed by atoms with E-state index in [0.29, 0.717) is 5.57 Å². The van der Waals surface area contributed by atoms with E-state index in [9.17, 15) is 0 Å². The topological polar surface area (TPSA) is 54.1 Å². The molecule has 0 amide bonds. The molecule has 0 unspecified atom stereocenters. The molecule has 0 aromatic heterocycles. The summed E-state index contributed by atoms with van der Waals surface area (Å²) in [6.07, 6.45) is 2.86. The molecule has 0 bridgehead atoms. The van der Waals surface area contributed by atoms with Crippen LogP contribution in [0.15, 0.2) is 71.8 Å². The first-order valence-electron chi connectivity index (χ1n) is 9.73. The quantitative estimate of drug-likeness (QED) is 0.548. The molecule has 4 heteroatoms. The number of hydrogen-bond acceptors (Lipinski definition) is 4. The Morgan fingerprint density at radius 3 is 1.34 bits per heavy atom. The van der Waals surface area contributed by atoms with Crippen LogP contribution in [0.3, 0.4) is 0 Å². The van der Waals surface area contributed by atoms with Crippen molar-refractivity contribution in [1.82, 2.24) is 0 Å². The van der Waals surface area contributed by atoms with Crippen LogP contribution in [0.2, 0.25) is 0 Å². The molecule has 0 spiro atoms. The second kappa shape index (κ2) is 12.0. The van der Waals surface area contributed by atoms with Crippen molar-refractivity contribution in [3.05, 3.63) is 83.0 Å². The van der Waals surface area contributed by atoms with Gasteiger partial charge in [0.2, 0.25) is 0 Å². The van der Waals surface area contributed by atoms with Crippen LogP contribution in [-0.2, 0) is 0 Å². The zero-order valence-corrected chi connectivity index (χ0v) is 18.6. The van der Waals surface area contributed by atoms with Crippen LogP contribution in [-0.4, -0.2) is 28.2 Å². The third-order valence-electron chi connectivity index (χ3n) is 4.21. The fourth-order valence-corrected chi connectivity index (χ4v) is 2.39. The average molecular weight is 415 g/mol. The third-order valence-corrected chi connectivity index (χ3v) is 4.21. The van der Waals surface area contributed by atoms with Gasteiger partial charge in [0.1, 0.15) is 17.7 Å². The maximum atomic E-state index is 8.79. The predicted molar refractivity (Wildman–Crippen MR) is 130 cm³/mol. The lowest BCUT2D eigenvalue weighted by Crippen LogP contribution is -2.07. The summed E-state index contributed by atoms with van der Waals surface area (Å²) in [4.78, 5) is 4.05. The van der Waals surface area contributed by atoms with Gasteiger partial charge in [-0.05, 0) is 48.5 Å². The molecule has 0 saturated heterocycles. The lowest BCUT2D eigenvalue weighted by Gasteiger charge is -2.11. The van der Waals surface area contributed by atoms with E-state index in [1.807, 2.05) is 86.5 Å². The van der Waals surface area contributed by atoms with Gasteiger partial charge in [-0.2, -0.15) is 10.5 Å². The van der Waals surface area contributed by atoms with Gasteiger partial charge in [-0.1, -0.05) is 35.5 Å². The summed E-state index contributed by atoms with van der Waals surface area (Å²) in [5.41, 5.74) is 4.40. The largest absolute Gasteiger partial charge is 0.378 e. The molecule has 2 aromatic rings. The fraction of sp³-hybridized carbons (Fsp3) is 0.143. The first-order chi connectivity index (χ1) is 15.4. The van der Waals surface area contributed by atoms with Crippen molar-refractivity contribution in [1.29, 1.82) is 10.5 Å². The van der Waals surface area contributed by atoms with Crippen LogP contribution in [0.25, 0.3) is 0 Å². The molecule has 4 nitrogen and oxygen atoms in total. The SMILES string of the molecule is CN(C)c1ccc(C#CC(C#Cc2ccc(N(C)C)cc2)=CC#CC=C(C#N)C#N)cc1. The van der Waals surface area contributed by atoms with Crippen molar-refractivity contribution in [3.8, 4) is 47.7 Å². The Labute approximate surface area is 190 Å². The molecule has 0 saturated carbocycles. The van der Waals surface area contributed by atoms with Crippen molar-refractivity contribution in [2.45, 2.75) is 0 Å². The van der Waals surface area contributed by atoms with Gasteiger partial charge in [-0.25, -0.2) is 0 Å². The van der Waals surface area contributed by atoms with Crippen LogP contribution in [0.5, 0.6) is 0 Å². The first-order valence-corrected chi connectivity index (χ1v) is 9.73. The molecule has 0 aliphatic carbocycles. The molecule has 0 heterocycles. The zero-order valence-electron chi connectivity index (χ0n) is 18.6. The summed E-state index contributed by atoms with van der Waals surface area (Å²) in [6.45, 7) is 0. The minimum Gasteiger partial charge on any atom is -0.378 e. The van der Waals surface area contributed by atoms with E-state index >= 15 is 0 Å². The van der Waals surface area contributed by atoms with Gasteiger partial charge >= 0.3 is 0 Å². The van der Waals surface area contributed by atoms with Gasteiger partial charge in [0.15, 0.2) is 0 Å². The molecule has 0 atom stereocenters. The highest BCUT2D eigenvalue weighted by Gasteiger charge is 1.95. The minimum atomic E-state index is -0.0495. The Balaban J connectivity index is 2.35. The van der Waals surface area contributed by atoms with Crippen LogP contribution in [0.4, 0.5) is 11.4 Å². The normalized spacial score (nSPS) is 8.44. The molecule has 154 valence electrons. The van der Waals surface area contributed by atoms with E-state index in [0.717, 1.165) is 22.5 Å². The summed E-state index contributed by atoms with van der Waals surface area (Å²) in [5.74, 6) is 17.8. The van der Waals surface area contributed by atoms with Gasteiger partial charge in [-0.3, -0.25) is 0 Å². The highest BCUT2D eigenvalue weighted by Crippen LogP contribution is 2.12. The maximum Gasteiger partial charge on any atom is 0.137 e. The van der Waals surface area contributed by atoms with Crippen molar-refractivity contribution in [3.63, 3.8) is 0 Å². The Bertz CT molecular complexity index is 1190. The number of benzene rings is 2. The predicted octanol–water partition coefficient (Wildman–Crippen LogP) is 4.13. The Morgan fingerprint density at radius 2 is 1.00 bits per heavy atom. The van der Waals surface area contributed by atoms with Gasteiger partial charge in [0, 0.05) is 62.8 Å². The highest BCUT2D eigenvalue weighted by molar-refractivity contribution is 5.57. The standard InChI is InChI=1S/C28H22N4/c1-31(2)27-17-13-24(14-18-27)11-9-23(7-5-6-8-26(21-29)22-30)10-12-25-15-19-28(20-16-25)32(3)4/h7-8,13-20H,1-4H3. The number of nitrogens with zero attached hydrogens (tertiary/aromatic N) is 4. The van der Waals surface area contributed by atoms with E-state index in [4.69, 9.17) is 10.5 Å². The zero-order chi connectivity index (χ0) is 23.3. The van der Waals surface area contributed by atoms with Gasteiger partial charge in [0.05, 0.1) is 5.57 Å². The van der Waals surface area contributed by atoms with Crippen LogP contribution in [0, 0.1) is 58.2 Å². The number of rotatable bonds is 2.